The van der Waals surface area contributed by atoms with E-state index < -0.39 is 0 Å². The van der Waals surface area contributed by atoms with E-state index in [1.807, 2.05) is 13.0 Å². The maximum absolute atomic E-state index is 12.6. The Balaban J connectivity index is 2.49. The summed E-state index contributed by atoms with van der Waals surface area (Å²) in [5.41, 5.74) is 7.78. The highest BCUT2D eigenvalue weighted by molar-refractivity contribution is 6.10. The van der Waals surface area contributed by atoms with Crippen LogP contribution in [0.2, 0.25) is 0 Å². The van der Waals surface area contributed by atoms with E-state index in [0.29, 0.717) is 11.3 Å². The van der Waals surface area contributed by atoms with Crippen LogP contribution < -0.4 is 15.2 Å². The molecule has 1 aromatic heterocycles. The van der Waals surface area contributed by atoms with Crippen molar-refractivity contribution in [1.82, 2.24) is 9.97 Å². The molecule has 110 valence electrons. The molecule has 0 saturated carbocycles. The van der Waals surface area contributed by atoms with E-state index in [4.69, 9.17) is 15.2 Å². The van der Waals surface area contributed by atoms with E-state index in [1.165, 1.54) is 20.3 Å². The van der Waals surface area contributed by atoms with Gasteiger partial charge >= 0.3 is 0 Å². The third kappa shape index (κ3) is 2.94. The fourth-order valence-corrected chi connectivity index (χ4v) is 1.95. The van der Waals surface area contributed by atoms with Gasteiger partial charge in [-0.05, 0) is 18.1 Å². The van der Waals surface area contributed by atoms with Crippen LogP contribution in [0, 0.1) is 0 Å². The molecular weight excluding hydrogens is 270 g/mol. The standard InChI is InChI=1S/C15H17N3O3/c1-4-9-6-5-7-10(13(9)16)14(19)15-17-11(20-2)8-12(18-15)21-3/h5-8H,4,16H2,1-3H3. The molecule has 0 amide bonds. The van der Waals surface area contributed by atoms with E-state index in [2.05, 4.69) is 9.97 Å². The average molecular weight is 287 g/mol. The Morgan fingerprint density at radius 2 is 1.81 bits per heavy atom. The summed E-state index contributed by atoms with van der Waals surface area (Å²) in [5.74, 6) is 0.150. The Morgan fingerprint density at radius 3 is 2.33 bits per heavy atom. The van der Waals surface area contributed by atoms with Crippen molar-refractivity contribution in [2.24, 2.45) is 0 Å². The van der Waals surface area contributed by atoms with E-state index in [-0.39, 0.29) is 23.4 Å². The number of rotatable bonds is 5. The molecule has 0 aliphatic heterocycles. The first-order valence-corrected chi connectivity index (χ1v) is 6.49. The number of nitrogen functional groups attached to an aromatic ring is 1. The van der Waals surface area contributed by atoms with Gasteiger partial charge in [-0.2, -0.15) is 9.97 Å². The van der Waals surface area contributed by atoms with Crippen LogP contribution in [0.4, 0.5) is 5.69 Å². The summed E-state index contributed by atoms with van der Waals surface area (Å²) in [7, 11) is 2.92. The van der Waals surface area contributed by atoms with Gasteiger partial charge in [0.1, 0.15) is 0 Å². The first kappa shape index (κ1) is 14.8. The maximum Gasteiger partial charge on any atom is 0.232 e. The largest absolute Gasteiger partial charge is 0.481 e. The predicted octanol–water partition coefficient (Wildman–Crippen LogP) is 1.87. The van der Waals surface area contributed by atoms with Crippen molar-refractivity contribution in [3.63, 3.8) is 0 Å². The Morgan fingerprint density at radius 1 is 1.19 bits per heavy atom. The van der Waals surface area contributed by atoms with Crippen molar-refractivity contribution in [1.29, 1.82) is 0 Å². The first-order chi connectivity index (χ1) is 10.1. The predicted molar refractivity (Wildman–Crippen MR) is 78.8 cm³/mol. The number of nitrogens with zero attached hydrogens (tertiary/aromatic N) is 2. The fraction of sp³-hybridized carbons (Fsp3) is 0.267. The third-order valence-corrected chi connectivity index (χ3v) is 3.12. The number of para-hydroxylation sites is 1. The van der Waals surface area contributed by atoms with Crippen molar-refractivity contribution < 1.29 is 14.3 Å². The van der Waals surface area contributed by atoms with Crippen LogP contribution in [0.25, 0.3) is 0 Å². The van der Waals surface area contributed by atoms with Crippen LogP contribution in [-0.2, 0) is 6.42 Å². The van der Waals surface area contributed by atoms with Gasteiger partial charge in [-0.15, -0.1) is 0 Å². The van der Waals surface area contributed by atoms with Gasteiger partial charge < -0.3 is 15.2 Å². The van der Waals surface area contributed by atoms with Crippen molar-refractivity contribution in [3.05, 3.63) is 41.2 Å². The summed E-state index contributed by atoms with van der Waals surface area (Å²) in [6.45, 7) is 1.98. The number of hydrogen-bond acceptors (Lipinski definition) is 6. The molecule has 0 saturated heterocycles. The zero-order chi connectivity index (χ0) is 15.4. The lowest BCUT2D eigenvalue weighted by Gasteiger charge is -2.09. The topological polar surface area (TPSA) is 87.3 Å². The summed E-state index contributed by atoms with van der Waals surface area (Å²) >= 11 is 0. The number of methoxy groups -OCH3 is 2. The SMILES string of the molecule is CCc1cccc(C(=O)c2nc(OC)cc(OC)n2)c1N. The molecule has 2 rings (SSSR count). The van der Waals surface area contributed by atoms with Gasteiger partial charge in [-0.3, -0.25) is 4.79 Å². The molecule has 0 atom stereocenters. The number of nitrogens with two attached hydrogens (primary N) is 1. The zero-order valence-corrected chi connectivity index (χ0v) is 12.2. The van der Waals surface area contributed by atoms with Gasteiger partial charge in [-0.25, -0.2) is 0 Å². The molecule has 2 aromatic rings. The normalized spacial score (nSPS) is 10.2. The Labute approximate surface area is 122 Å². The monoisotopic (exact) mass is 287 g/mol. The number of ether oxygens (including phenoxy) is 2. The van der Waals surface area contributed by atoms with Crippen LogP contribution in [0.1, 0.15) is 28.7 Å². The summed E-state index contributed by atoms with van der Waals surface area (Å²) in [4.78, 5) is 20.7. The number of anilines is 1. The number of benzene rings is 1. The number of aryl methyl sites for hydroxylation is 1. The summed E-state index contributed by atoms with van der Waals surface area (Å²) in [6.07, 6.45) is 0.745. The summed E-state index contributed by atoms with van der Waals surface area (Å²) < 4.78 is 10.1. The Bertz CT molecular complexity index is 649. The van der Waals surface area contributed by atoms with E-state index in [0.717, 1.165) is 12.0 Å². The van der Waals surface area contributed by atoms with Crippen molar-refractivity contribution >= 4 is 11.5 Å². The van der Waals surface area contributed by atoms with E-state index in [1.54, 1.807) is 12.1 Å². The fourth-order valence-electron chi connectivity index (χ4n) is 1.95. The second-order valence-corrected chi connectivity index (χ2v) is 4.34. The minimum absolute atomic E-state index is 0.00819. The number of carbonyl (C=O) groups is 1. The summed E-state index contributed by atoms with van der Waals surface area (Å²) in [5, 5.41) is 0. The molecular formula is C15H17N3O3. The molecule has 1 heterocycles. The highest BCUT2D eigenvalue weighted by atomic mass is 16.5. The van der Waals surface area contributed by atoms with Gasteiger partial charge in [0, 0.05) is 11.3 Å². The van der Waals surface area contributed by atoms with Gasteiger partial charge in [-0.1, -0.05) is 19.1 Å². The average Bonchev–Trinajstić information content (AvgIpc) is 2.53. The van der Waals surface area contributed by atoms with Crippen molar-refractivity contribution in [3.8, 4) is 11.8 Å². The molecule has 0 unspecified atom stereocenters. The van der Waals surface area contributed by atoms with Crippen LogP contribution in [0.15, 0.2) is 24.3 Å². The number of aromatic nitrogens is 2. The molecule has 0 fully saturated rings. The molecule has 0 radical (unpaired) electrons. The van der Waals surface area contributed by atoms with Crippen LogP contribution in [0.3, 0.4) is 0 Å². The first-order valence-electron chi connectivity index (χ1n) is 6.49. The molecule has 0 aliphatic carbocycles. The number of ketones is 1. The minimum atomic E-state index is -0.361. The van der Waals surface area contributed by atoms with Crippen molar-refractivity contribution in [2.75, 3.05) is 20.0 Å². The third-order valence-electron chi connectivity index (χ3n) is 3.12. The molecule has 2 N–H and O–H groups in total. The molecule has 6 nitrogen and oxygen atoms in total. The van der Waals surface area contributed by atoms with Gasteiger partial charge in [0.25, 0.3) is 0 Å². The number of carbonyl (C=O) groups excluding carboxylic acids is 1. The smallest absolute Gasteiger partial charge is 0.232 e. The lowest BCUT2D eigenvalue weighted by atomic mass is 10.0. The van der Waals surface area contributed by atoms with Gasteiger partial charge in [0.2, 0.25) is 23.4 Å². The van der Waals surface area contributed by atoms with Gasteiger partial charge in [0.05, 0.1) is 20.3 Å². The van der Waals surface area contributed by atoms with E-state index >= 15 is 0 Å². The molecule has 21 heavy (non-hydrogen) atoms. The highest BCUT2D eigenvalue weighted by Gasteiger charge is 2.19. The van der Waals surface area contributed by atoms with Crippen LogP contribution in [-0.4, -0.2) is 30.0 Å². The molecule has 1 aromatic carbocycles. The highest BCUT2D eigenvalue weighted by Crippen LogP contribution is 2.22. The van der Waals surface area contributed by atoms with Crippen molar-refractivity contribution in [2.45, 2.75) is 13.3 Å². The second-order valence-electron chi connectivity index (χ2n) is 4.34. The lowest BCUT2D eigenvalue weighted by Crippen LogP contribution is -2.12. The lowest BCUT2D eigenvalue weighted by molar-refractivity contribution is 0.102. The van der Waals surface area contributed by atoms with Crippen LogP contribution >= 0.6 is 0 Å². The minimum Gasteiger partial charge on any atom is -0.481 e. The number of hydrogen-bond donors (Lipinski definition) is 1. The van der Waals surface area contributed by atoms with Gasteiger partial charge in [0.15, 0.2) is 0 Å². The molecule has 0 spiro atoms. The second kappa shape index (κ2) is 6.21. The quantitative estimate of drug-likeness (QED) is 0.667. The molecule has 6 heteroatoms. The molecule has 0 aliphatic rings. The van der Waals surface area contributed by atoms with E-state index in [9.17, 15) is 4.79 Å². The molecule has 0 bridgehead atoms. The Hall–Kier alpha value is -2.63. The summed E-state index contributed by atoms with van der Waals surface area (Å²) in [6, 6.07) is 6.84. The Kier molecular flexibility index (Phi) is 4.37. The zero-order valence-electron chi connectivity index (χ0n) is 12.2. The van der Waals surface area contributed by atoms with Crippen LogP contribution in [0.5, 0.6) is 11.8 Å². The maximum atomic E-state index is 12.6.